The van der Waals surface area contributed by atoms with Crippen molar-refractivity contribution >= 4 is 11.9 Å². The van der Waals surface area contributed by atoms with Crippen molar-refractivity contribution in [3.63, 3.8) is 0 Å². The van der Waals surface area contributed by atoms with E-state index in [9.17, 15) is 9.59 Å². The smallest absolute Gasteiger partial charge is 0.328 e. The van der Waals surface area contributed by atoms with Gasteiger partial charge in [0.25, 0.3) is 5.91 Å². The zero-order valence-corrected chi connectivity index (χ0v) is 9.92. The molecule has 0 aromatic heterocycles. The molecule has 0 unspecified atom stereocenters. The number of rotatable bonds is 6. The molecular formula is C12H15NO5. The second kappa shape index (κ2) is 6.73. The van der Waals surface area contributed by atoms with Gasteiger partial charge in [-0.15, -0.1) is 0 Å². The third kappa shape index (κ3) is 3.83. The summed E-state index contributed by atoms with van der Waals surface area (Å²) in [6, 6.07) is 5.34. The molecule has 0 aliphatic carbocycles. The first-order valence-electron chi connectivity index (χ1n) is 5.31. The van der Waals surface area contributed by atoms with Gasteiger partial charge in [-0.1, -0.05) is 12.1 Å². The summed E-state index contributed by atoms with van der Waals surface area (Å²) in [5, 5.41) is 19.8. The highest BCUT2D eigenvalue weighted by Crippen LogP contribution is 2.06. The lowest BCUT2D eigenvalue weighted by atomic mass is 10.1. The van der Waals surface area contributed by atoms with Gasteiger partial charge in [-0.05, 0) is 17.7 Å². The molecule has 0 bridgehead atoms. The zero-order chi connectivity index (χ0) is 13.5. The van der Waals surface area contributed by atoms with Gasteiger partial charge in [0.2, 0.25) is 0 Å². The van der Waals surface area contributed by atoms with Crippen LogP contribution >= 0.6 is 0 Å². The maximum absolute atomic E-state index is 11.7. The van der Waals surface area contributed by atoms with Crippen LogP contribution in [0.4, 0.5) is 0 Å². The van der Waals surface area contributed by atoms with Gasteiger partial charge in [0, 0.05) is 12.7 Å². The van der Waals surface area contributed by atoms with E-state index in [0.29, 0.717) is 12.2 Å². The number of aliphatic hydroxyl groups excluding tert-OH is 1. The van der Waals surface area contributed by atoms with Gasteiger partial charge < -0.3 is 20.3 Å². The Morgan fingerprint density at radius 3 is 2.72 bits per heavy atom. The van der Waals surface area contributed by atoms with Crippen molar-refractivity contribution in [1.29, 1.82) is 0 Å². The Kier molecular flexibility index (Phi) is 5.29. The van der Waals surface area contributed by atoms with E-state index in [1.807, 2.05) is 0 Å². The lowest BCUT2D eigenvalue weighted by Crippen LogP contribution is -2.43. The van der Waals surface area contributed by atoms with Crippen LogP contribution in [0.3, 0.4) is 0 Å². The highest BCUT2D eigenvalue weighted by molar-refractivity contribution is 5.96. The number of ether oxygens (including phenoxy) is 1. The van der Waals surface area contributed by atoms with E-state index in [0.717, 1.165) is 5.56 Å². The Balaban J connectivity index is 2.77. The van der Waals surface area contributed by atoms with Crippen LogP contribution < -0.4 is 5.32 Å². The fraction of sp³-hybridized carbons (Fsp3) is 0.333. The van der Waals surface area contributed by atoms with Crippen LogP contribution in [0.25, 0.3) is 0 Å². The number of hydrogen-bond donors (Lipinski definition) is 3. The lowest BCUT2D eigenvalue weighted by molar-refractivity contribution is -0.140. The number of carbonyl (C=O) groups excluding carboxylic acids is 1. The first kappa shape index (κ1) is 14.1. The predicted molar refractivity (Wildman–Crippen MR) is 63.1 cm³/mol. The van der Waals surface area contributed by atoms with E-state index in [1.54, 1.807) is 31.4 Å². The number of aliphatic carboxylic acids is 1. The Hall–Kier alpha value is -1.92. The molecular weight excluding hydrogens is 238 g/mol. The quantitative estimate of drug-likeness (QED) is 0.663. The van der Waals surface area contributed by atoms with Crippen molar-refractivity contribution in [2.24, 2.45) is 0 Å². The maximum atomic E-state index is 11.7. The van der Waals surface area contributed by atoms with E-state index in [2.05, 4.69) is 5.32 Å². The van der Waals surface area contributed by atoms with Crippen molar-refractivity contribution in [2.45, 2.75) is 12.6 Å². The molecule has 0 spiro atoms. The maximum Gasteiger partial charge on any atom is 0.328 e. The van der Waals surface area contributed by atoms with Crippen LogP contribution in [0.5, 0.6) is 0 Å². The molecule has 0 fully saturated rings. The molecule has 1 amide bonds. The standard InChI is InChI=1S/C12H15NO5/c1-18-7-8-3-2-4-9(5-8)11(15)13-10(6-14)12(16)17/h2-5,10,14H,6-7H2,1H3,(H,13,15)(H,16,17)/t10-/m0/s1. The highest BCUT2D eigenvalue weighted by Gasteiger charge is 2.19. The first-order chi connectivity index (χ1) is 8.58. The lowest BCUT2D eigenvalue weighted by Gasteiger charge is -2.12. The molecule has 98 valence electrons. The van der Waals surface area contributed by atoms with Crippen LogP contribution in [0.1, 0.15) is 15.9 Å². The summed E-state index contributed by atoms with van der Waals surface area (Å²) < 4.78 is 4.94. The number of carbonyl (C=O) groups is 2. The SMILES string of the molecule is COCc1cccc(C(=O)N[C@@H](CO)C(=O)O)c1. The molecule has 1 rings (SSSR count). The fourth-order valence-electron chi connectivity index (χ4n) is 1.40. The van der Waals surface area contributed by atoms with Crippen molar-refractivity contribution in [3.05, 3.63) is 35.4 Å². The molecule has 3 N–H and O–H groups in total. The van der Waals surface area contributed by atoms with Gasteiger partial charge in [0.05, 0.1) is 13.2 Å². The summed E-state index contributed by atoms with van der Waals surface area (Å²) >= 11 is 0. The second-order valence-corrected chi connectivity index (χ2v) is 3.68. The van der Waals surface area contributed by atoms with Crippen LogP contribution in [-0.2, 0) is 16.1 Å². The molecule has 6 nitrogen and oxygen atoms in total. The molecule has 0 saturated carbocycles. The second-order valence-electron chi connectivity index (χ2n) is 3.68. The molecule has 0 saturated heterocycles. The average Bonchev–Trinajstić information content (AvgIpc) is 2.36. The summed E-state index contributed by atoms with van der Waals surface area (Å²) in [5.74, 6) is -1.83. The Morgan fingerprint density at radius 2 is 2.17 bits per heavy atom. The summed E-state index contributed by atoms with van der Waals surface area (Å²) in [6.45, 7) is -0.289. The third-order valence-electron chi connectivity index (χ3n) is 2.29. The molecule has 0 aliphatic rings. The van der Waals surface area contributed by atoms with E-state index in [1.165, 1.54) is 0 Å². The Bertz CT molecular complexity index is 432. The normalized spacial score (nSPS) is 11.9. The number of hydrogen-bond acceptors (Lipinski definition) is 4. The van der Waals surface area contributed by atoms with Crippen molar-refractivity contribution in [1.82, 2.24) is 5.32 Å². The Labute approximate surface area is 104 Å². The molecule has 18 heavy (non-hydrogen) atoms. The zero-order valence-electron chi connectivity index (χ0n) is 9.92. The van der Waals surface area contributed by atoms with E-state index < -0.39 is 24.5 Å². The number of nitrogens with one attached hydrogen (secondary N) is 1. The van der Waals surface area contributed by atoms with Gasteiger partial charge in [-0.25, -0.2) is 4.79 Å². The summed E-state index contributed by atoms with van der Waals surface area (Å²) in [5.41, 5.74) is 1.13. The molecule has 1 aromatic rings. The van der Waals surface area contributed by atoms with Gasteiger partial charge in [-0.3, -0.25) is 4.79 Å². The molecule has 0 aliphatic heterocycles. The van der Waals surface area contributed by atoms with Gasteiger partial charge in [0.1, 0.15) is 0 Å². The number of carboxylic acid groups (broad SMARTS) is 1. The number of amides is 1. The van der Waals surface area contributed by atoms with Crippen LogP contribution in [0, 0.1) is 0 Å². The van der Waals surface area contributed by atoms with E-state index in [-0.39, 0.29) is 0 Å². The highest BCUT2D eigenvalue weighted by atomic mass is 16.5. The predicted octanol–water partition coefficient (Wildman–Crippen LogP) is 0.00830. The van der Waals surface area contributed by atoms with E-state index in [4.69, 9.17) is 14.9 Å². The number of methoxy groups -OCH3 is 1. The minimum absolute atomic E-state index is 0.323. The van der Waals surface area contributed by atoms with Crippen molar-refractivity contribution in [3.8, 4) is 0 Å². The minimum atomic E-state index is -1.30. The van der Waals surface area contributed by atoms with E-state index >= 15 is 0 Å². The number of aliphatic hydroxyl groups is 1. The molecule has 0 heterocycles. The topological polar surface area (TPSA) is 95.9 Å². The average molecular weight is 253 g/mol. The fourth-order valence-corrected chi connectivity index (χ4v) is 1.40. The summed E-state index contributed by atoms with van der Waals surface area (Å²) in [4.78, 5) is 22.4. The number of benzene rings is 1. The largest absolute Gasteiger partial charge is 0.480 e. The molecule has 1 aromatic carbocycles. The van der Waals surface area contributed by atoms with Gasteiger partial charge >= 0.3 is 5.97 Å². The van der Waals surface area contributed by atoms with Crippen LogP contribution in [0.2, 0.25) is 0 Å². The summed E-state index contributed by atoms with van der Waals surface area (Å²) in [6.07, 6.45) is 0. The number of carboxylic acids is 1. The van der Waals surface area contributed by atoms with Gasteiger partial charge in [0.15, 0.2) is 6.04 Å². The molecule has 0 radical (unpaired) electrons. The minimum Gasteiger partial charge on any atom is -0.480 e. The monoisotopic (exact) mass is 253 g/mol. The van der Waals surface area contributed by atoms with Crippen LogP contribution in [-0.4, -0.2) is 41.8 Å². The molecule has 1 atom stereocenters. The summed E-state index contributed by atoms with van der Waals surface area (Å²) in [7, 11) is 1.54. The van der Waals surface area contributed by atoms with Gasteiger partial charge in [-0.2, -0.15) is 0 Å². The van der Waals surface area contributed by atoms with Crippen molar-refractivity contribution < 1.29 is 24.5 Å². The van der Waals surface area contributed by atoms with Crippen molar-refractivity contribution in [2.75, 3.05) is 13.7 Å². The third-order valence-corrected chi connectivity index (χ3v) is 2.29. The first-order valence-corrected chi connectivity index (χ1v) is 5.31. The van der Waals surface area contributed by atoms with Crippen LogP contribution in [0.15, 0.2) is 24.3 Å². The molecule has 6 heteroatoms. The Morgan fingerprint density at radius 1 is 1.44 bits per heavy atom.